The van der Waals surface area contributed by atoms with Crippen molar-refractivity contribution < 1.29 is 71.4 Å². The molecule has 4 radical (unpaired) electrons. The Labute approximate surface area is 205 Å². The van der Waals surface area contributed by atoms with Crippen molar-refractivity contribution in [2.75, 3.05) is 26.4 Å². The van der Waals surface area contributed by atoms with E-state index in [1.165, 1.54) is 15.4 Å². The van der Waals surface area contributed by atoms with Crippen LogP contribution in [0.25, 0.3) is 0 Å². The molecule has 1 spiro atoms. The molecular formula is C19H18B2Fe2O8. The first-order chi connectivity index (χ1) is 14.4. The molecule has 164 valence electrons. The Balaban J connectivity index is -0.0000000973. The largest absolute Gasteiger partial charge is 2.00 e. The molecule has 0 bridgehead atoms. The normalized spacial score (nSPS) is 13.7. The summed E-state index contributed by atoms with van der Waals surface area (Å²) in [6, 6.07) is 20.0. The van der Waals surface area contributed by atoms with Crippen molar-refractivity contribution in [3.8, 4) is 0 Å². The number of rotatable bonds is 0. The van der Waals surface area contributed by atoms with E-state index in [0.29, 0.717) is 26.4 Å². The zero-order valence-electron chi connectivity index (χ0n) is 16.2. The van der Waals surface area contributed by atoms with Gasteiger partial charge in [-0.25, -0.2) is 24.3 Å². The molecule has 31 heavy (non-hydrogen) atoms. The molecule has 2 aromatic carbocycles. The van der Waals surface area contributed by atoms with Crippen molar-refractivity contribution in [2.45, 2.75) is 0 Å². The van der Waals surface area contributed by atoms with Gasteiger partial charge in [-0.1, -0.05) is 0 Å². The van der Waals surface area contributed by atoms with Crippen LogP contribution in [0.5, 0.6) is 0 Å². The Morgan fingerprint density at radius 1 is 0.548 bits per heavy atom. The van der Waals surface area contributed by atoms with Gasteiger partial charge in [-0.3, -0.25) is 0 Å². The molecule has 2 saturated heterocycles. The first kappa shape index (κ1) is 40.1. The summed E-state index contributed by atoms with van der Waals surface area (Å²) in [5.41, 5.74) is -0.0938. The summed E-state index contributed by atoms with van der Waals surface area (Å²) in [4.78, 5) is 0. The van der Waals surface area contributed by atoms with Gasteiger partial charge in [0.2, 0.25) is 0 Å². The Morgan fingerprint density at radius 3 is 0.935 bits per heavy atom. The molecule has 0 saturated carbocycles. The molecular weight excluding hydrogens is 490 g/mol. The second-order valence-electron chi connectivity index (χ2n) is 4.86. The SMILES string of the molecule is [B-]1OCC2(CO1)CO[B-]OC2.[C-]#[O+].[C-]#[O+].[C-]#[O+].[C-]#[O+].[Fe+2].[Fe+2].c1cc[cH-]c1.c1cc[cH-]c1. The molecule has 2 aliphatic heterocycles. The monoisotopic (exact) mass is 508 g/mol. The van der Waals surface area contributed by atoms with Gasteiger partial charge in [0.1, 0.15) is 0 Å². The topological polar surface area (TPSA) is 117 Å². The van der Waals surface area contributed by atoms with Crippen LogP contribution in [0.3, 0.4) is 0 Å². The fourth-order valence-electron chi connectivity index (χ4n) is 1.83. The maximum Gasteiger partial charge on any atom is 2.00 e. The summed E-state index contributed by atoms with van der Waals surface area (Å²) in [6.07, 6.45) is 0. The Hall–Kier alpha value is -1.33. The van der Waals surface area contributed by atoms with E-state index in [2.05, 4.69) is 26.6 Å². The second-order valence-corrected chi connectivity index (χ2v) is 4.86. The van der Waals surface area contributed by atoms with E-state index >= 15 is 0 Å². The van der Waals surface area contributed by atoms with Gasteiger partial charge in [-0.05, 0) is 15.4 Å². The zero-order chi connectivity index (χ0) is 22.6. The molecule has 2 aliphatic rings. The van der Waals surface area contributed by atoms with Gasteiger partial charge in [0, 0.05) is 31.8 Å². The third-order valence-electron chi connectivity index (χ3n) is 2.94. The Morgan fingerprint density at radius 2 is 0.774 bits per heavy atom. The molecule has 8 nitrogen and oxygen atoms in total. The molecule has 0 aliphatic carbocycles. The molecule has 12 heteroatoms. The average Bonchev–Trinajstić information content (AvgIpc) is 3.60. The van der Waals surface area contributed by atoms with Crippen LogP contribution in [-0.4, -0.2) is 41.8 Å². The van der Waals surface area contributed by atoms with Crippen molar-refractivity contribution in [3.05, 3.63) is 87.3 Å². The minimum atomic E-state index is -0.0938. The molecule has 0 atom stereocenters. The first-order valence-electron chi connectivity index (χ1n) is 7.66. The van der Waals surface area contributed by atoms with E-state index in [1.54, 1.807) is 0 Å². The van der Waals surface area contributed by atoms with Gasteiger partial charge in [0.05, 0.1) is 0 Å². The second kappa shape index (κ2) is 36.1. The average molecular weight is 508 g/mol. The van der Waals surface area contributed by atoms with Gasteiger partial charge in [0.25, 0.3) is 0 Å². The smallest absolute Gasteiger partial charge is 0.214 e. The van der Waals surface area contributed by atoms with Crippen LogP contribution in [0.1, 0.15) is 0 Å². The first-order valence-corrected chi connectivity index (χ1v) is 7.66. The van der Waals surface area contributed by atoms with Crippen molar-refractivity contribution in [1.29, 1.82) is 0 Å². The predicted octanol–water partition coefficient (Wildman–Crippen LogP) is 1.79. The summed E-state index contributed by atoms with van der Waals surface area (Å²) in [6.45, 7) is 20.4. The molecule has 2 fully saturated rings. The van der Waals surface area contributed by atoms with Crippen LogP contribution in [0, 0.1) is 32.0 Å². The van der Waals surface area contributed by atoms with Crippen LogP contribution in [-0.2, 0) is 71.4 Å². The fraction of sp³-hybridized carbons (Fsp3) is 0.263. The van der Waals surface area contributed by atoms with Gasteiger partial charge in [-0.15, -0.1) is 0 Å². The van der Waals surface area contributed by atoms with Crippen LogP contribution >= 0.6 is 0 Å². The van der Waals surface area contributed by atoms with Crippen LogP contribution in [0.4, 0.5) is 0 Å². The van der Waals surface area contributed by atoms with E-state index in [9.17, 15) is 0 Å². The summed E-state index contributed by atoms with van der Waals surface area (Å²) >= 11 is 0. The van der Waals surface area contributed by atoms with Crippen LogP contribution in [0.2, 0.25) is 0 Å². The third-order valence-corrected chi connectivity index (χ3v) is 2.94. The molecule has 0 aromatic heterocycles. The molecule has 0 unspecified atom stereocenters. The zero-order valence-corrected chi connectivity index (χ0v) is 18.4. The molecule has 2 aromatic rings. The van der Waals surface area contributed by atoms with Gasteiger partial charge < -0.3 is 18.6 Å². The van der Waals surface area contributed by atoms with E-state index < -0.39 is 0 Å². The molecule has 0 N–H and O–H groups in total. The van der Waals surface area contributed by atoms with Crippen molar-refractivity contribution in [1.82, 2.24) is 0 Å². The van der Waals surface area contributed by atoms with Gasteiger partial charge in [0.15, 0.2) is 0 Å². The molecule has 4 rings (SSSR count). The summed E-state index contributed by atoms with van der Waals surface area (Å²) in [7, 11) is 2.73. The fourth-order valence-corrected chi connectivity index (χ4v) is 1.83. The predicted molar refractivity (Wildman–Crippen MR) is 97.5 cm³/mol. The number of hydrogen-bond acceptors (Lipinski definition) is 4. The molecule has 2 heterocycles. The quantitative estimate of drug-likeness (QED) is 0.307. The standard InChI is InChI=1S/C5H8B2O4.2C5H5.4CO.2Fe/c1-5(2-9-6-8-1)3-10-7-11-4-5;2*1-2-4-5-3-1;4*1-2;;/h1-4H2;2*1-5H;;;;;;/q-2;2*-1;;;;;2*+2. The van der Waals surface area contributed by atoms with Crippen LogP contribution < -0.4 is 0 Å². The van der Waals surface area contributed by atoms with E-state index in [1.807, 2.05) is 60.7 Å². The van der Waals surface area contributed by atoms with Gasteiger partial charge in [-0.2, -0.15) is 36.4 Å². The minimum absolute atomic E-state index is 0. The summed E-state index contributed by atoms with van der Waals surface area (Å²) in [5.74, 6) is 0. The van der Waals surface area contributed by atoms with E-state index in [-0.39, 0.29) is 39.6 Å². The summed E-state index contributed by atoms with van der Waals surface area (Å²) < 4.78 is 50.2. The third kappa shape index (κ3) is 24.8. The Bertz CT molecular complexity index is 485. The van der Waals surface area contributed by atoms with Crippen LogP contribution in [0.15, 0.2) is 60.7 Å². The maximum atomic E-state index is 7.50. The number of hydrogen-bond donors (Lipinski definition) is 0. The maximum absolute atomic E-state index is 7.50. The van der Waals surface area contributed by atoms with Crippen molar-refractivity contribution >= 4 is 15.4 Å². The Kier molecular flexibility index (Phi) is 46.6. The van der Waals surface area contributed by atoms with Crippen molar-refractivity contribution in [3.63, 3.8) is 0 Å². The van der Waals surface area contributed by atoms with Gasteiger partial charge >= 0.3 is 79.3 Å². The minimum Gasteiger partial charge on any atom is -0.214 e. The molecule has 0 amide bonds. The van der Waals surface area contributed by atoms with Crippen molar-refractivity contribution in [2.24, 2.45) is 5.41 Å². The van der Waals surface area contributed by atoms with E-state index in [4.69, 9.17) is 37.2 Å². The van der Waals surface area contributed by atoms with E-state index in [0.717, 1.165) is 0 Å². The summed E-state index contributed by atoms with van der Waals surface area (Å²) in [5, 5.41) is 0.